The Morgan fingerprint density at radius 3 is 1.68 bits per heavy atom. The third kappa shape index (κ3) is 2.42. The summed E-state index contributed by atoms with van der Waals surface area (Å²) < 4.78 is 0. The van der Waals surface area contributed by atoms with E-state index in [1.165, 1.54) is 6.42 Å². The Labute approximate surface area is 131 Å². The number of likely N-dealkylation sites (tertiary alicyclic amines) is 1. The van der Waals surface area contributed by atoms with Crippen LogP contribution in [0.25, 0.3) is 0 Å². The number of carboxylic acids is 1. The second kappa shape index (κ2) is 6.32. The normalized spacial score (nSPS) is 16.4. The molecule has 114 valence electrons. The van der Waals surface area contributed by atoms with Gasteiger partial charge in [0.15, 0.2) is 5.54 Å². The van der Waals surface area contributed by atoms with Crippen LogP contribution in [0.2, 0.25) is 0 Å². The summed E-state index contributed by atoms with van der Waals surface area (Å²) in [5, 5.41) is 10.2. The van der Waals surface area contributed by atoms with Gasteiger partial charge >= 0.3 is 5.97 Å². The van der Waals surface area contributed by atoms with Crippen LogP contribution in [0.4, 0.5) is 0 Å². The van der Waals surface area contributed by atoms with Gasteiger partial charge in [-0.25, -0.2) is 4.79 Å². The Kier molecular flexibility index (Phi) is 4.25. The van der Waals surface area contributed by atoms with Gasteiger partial charge in [0.25, 0.3) is 0 Å². The lowest BCUT2D eigenvalue weighted by molar-refractivity contribution is -0.150. The van der Waals surface area contributed by atoms with Crippen molar-refractivity contribution in [2.75, 3.05) is 13.1 Å². The first kappa shape index (κ1) is 14.8. The lowest BCUT2D eigenvalue weighted by atomic mass is 9.80. The summed E-state index contributed by atoms with van der Waals surface area (Å²) >= 11 is 0. The third-order valence-corrected chi connectivity index (χ3v) is 4.52. The van der Waals surface area contributed by atoms with Crippen LogP contribution in [0.3, 0.4) is 0 Å². The van der Waals surface area contributed by atoms with Gasteiger partial charge in [-0.05, 0) is 37.1 Å². The molecule has 0 spiro atoms. The van der Waals surface area contributed by atoms with Crippen molar-refractivity contribution in [3.63, 3.8) is 0 Å². The molecule has 0 unspecified atom stereocenters. The van der Waals surface area contributed by atoms with Crippen LogP contribution in [0.5, 0.6) is 0 Å². The van der Waals surface area contributed by atoms with E-state index in [-0.39, 0.29) is 0 Å². The number of aliphatic carboxylic acids is 1. The molecule has 1 aliphatic rings. The van der Waals surface area contributed by atoms with Gasteiger partial charge in [-0.2, -0.15) is 0 Å². The van der Waals surface area contributed by atoms with Crippen molar-refractivity contribution in [1.29, 1.82) is 0 Å². The maximum Gasteiger partial charge on any atom is 0.333 e. The highest BCUT2D eigenvalue weighted by molar-refractivity contribution is 5.85. The molecule has 1 saturated heterocycles. The summed E-state index contributed by atoms with van der Waals surface area (Å²) in [7, 11) is 0. The zero-order valence-electron chi connectivity index (χ0n) is 12.6. The van der Waals surface area contributed by atoms with Crippen LogP contribution in [0.1, 0.15) is 30.4 Å². The third-order valence-electron chi connectivity index (χ3n) is 4.52. The van der Waals surface area contributed by atoms with E-state index in [0.29, 0.717) is 0 Å². The average molecular weight is 295 g/mol. The highest BCUT2D eigenvalue weighted by Gasteiger charge is 2.47. The predicted octanol–water partition coefficient (Wildman–Crippen LogP) is 3.50. The molecule has 3 nitrogen and oxygen atoms in total. The number of carbonyl (C=O) groups is 1. The lowest BCUT2D eigenvalue weighted by Crippen LogP contribution is -2.54. The summed E-state index contributed by atoms with van der Waals surface area (Å²) in [5.74, 6) is -0.799. The van der Waals surface area contributed by atoms with E-state index in [0.717, 1.165) is 37.1 Å². The van der Waals surface area contributed by atoms with Crippen molar-refractivity contribution >= 4 is 5.97 Å². The molecule has 0 aromatic heterocycles. The molecule has 0 atom stereocenters. The van der Waals surface area contributed by atoms with Crippen molar-refractivity contribution in [3.05, 3.63) is 71.8 Å². The van der Waals surface area contributed by atoms with Crippen LogP contribution < -0.4 is 0 Å². The van der Waals surface area contributed by atoms with E-state index in [9.17, 15) is 9.90 Å². The van der Waals surface area contributed by atoms with Crippen LogP contribution in [-0.4, -0.2) is 29.1 Å². The van der Waals surface area contributed by atoms with E-state index in [2.05, 4.69) is 4.90 Å². The van der Waals surface area contributed by atoms with E-state index in [1.54, 1.807) is 0 Å². The van der Waals surface area contributed by atoms with Crippen LogP contribution in [0, 0.1) is 0 Å². The largest absolute Gasteiger partial charge is 0.479 e. The molecule has 0 radical (unpaired) electrons. The molecule has 2 aromatic rings. The van der Waals surface area contributed by atoms with E-state index >= 15 is 0 Å². The average Bonchev–Trinajstić information content (AvgIpc) is 2.58. The zero-order valence-corrected chi connectivity index (χ0v) is 12.6. The van der Waals surface area contributed by atoms with Crippen molar-refractivity contribution in [2.24, 2.45) is 0 Å². The molecular weight excluding hydrogens is 274 g/mol. The number of benzene rings is 2. The fourth-order valence-electron chi connectivity index (χ4n) is 3.50. The first-order valence-corrected chi connectivity index (χ1v) is 7.86. The molecule has 2 aromatic carbocycles. The first-order chi connectivity index (χ1) is 10.8. The molecular formula is C19H21NO2. The Morgan fingerprint density at radius 1 is 0.818 bits per heavy atom. The van der Waals surface area contributed by atoms with Gasteiger partial charge in [-0.1, -0.05) is 67.1 Å². The van der Waals surface area contributed by atoms with E-state index in [4.69, 9.17) is 0 Å². The Bertz CT molecular complexity index is 579. The number of carboxylic acid groups (broad SMARTS) is 1. The summed E-state index contributed by atoms with van der Waals surface area (Å²) in [6, 6.07) is 19.2. The van der Waals surface area contributed by atoms with Gasteiger partial charge in [0.05, 0.1) is 0 Å². The fourth-order valence-corrected chi connectivity index (χ4v) is 3.50. The number of nitrogens with zero attached hydrogens (tertiary/aromatic N) is 1. The molecule has 0 aliphatic carbocycles. The minimum absolute atomic E-state index is 0.799. The summed E-state index contributed by atoms with van der Waals surface area (Å²) in [6.45, 7) is 1.63. The molecule has 0 bridgehead atoms. The minimum atomic E-state index is -1.09. The van der Waals surface area contributed by atoms with Crippen molar-refractivity contribution in [3.8, 4) is 0 Å². The maximum atomic E-state index is 12.5. The Balaban J connectivity index is 2.21. The minimum Gasteiger partial charge on any atom is -0.479 e. The van der Waals surface area contributed by atoms with Crippen LogP contribution in [-0.2, 0) is 10.3 Å². The highest BCUT2D eigenvalue weighted by Crippen LogP contribution is 2.38. The molecule has 1 aliphatic heterocycles. The Morgan fingerprint density at radius 2 is 1.27 bits per heavy atom. The Hall–Kier alpha value is -2.13. The van der Waals surface area contributed by atoms with Gasteiger partial charge in [0.2, 0.25) is 0 Å². The summed E-state index contributed by atoms with van der Waals surface area (Å²) in [4.78, 5) is 14.6. The van der Waals surface area contributed by atoms with Gasteiger partial charge < -0.3 is 5.11 Å². The van der Waals surface area contributed by atoms with Gasteiger partial charge in [-0.15, -0.1) is 0 Å². The number of rotatable bonds is 4. The van der Waals surface area contributed by atoms with Crippen molar-refractivity contribution in [2.45, 2.75) is 24.8 Å². The van der Waals surface area contributed by atoms with Crippen LogP contribution in [0.15, 0.2) is 60.7 Å². The number of piperidine rings is 1. The van der Waals surface area contributed by atoms with Crippen molar-refractivity contribution in [1.82, 2.24) is 4.90 Å². The fraction of sp³-hybridized carbons (Fsp3) is 0.316. The molecule has 0 amide bonds. The SMILES string of the molecule is O=C(O)C(c1ccccc1)(c1ccccc1)N1CCCCC1. The smallest absolute Gasteiger partial charge is 0.333 e. The molecule has 3 rings (SSSR count). The number of hydrogen-bond donors (Lipinski definition) is 1. The van der Waals surface area contributed by atoms with Crippen molar-refractivity contribution < 1.29 is 9.90 Å². The molecule has 1 fully saturated rings. The lowest BCUT2D eigenvalue weighted by Gasteiger charge is -2.43. The molecule has 3 heteroatoms. The molecule has 1 N–H and O–H groups in total. The molecule has 1 heterocycles. The first-order valence-electron chi connectivity index (χ1n) is 7.86. The summed E-state index contributed by atoms with van der Waals surface area (Å²) in [5.41, 5.74) is 0.564. The van der Waals surface area contributed by atoms with Gasteiger partial charge in [0, 0.05) is 0 Å². The molecule has 0 saturated carbocycles. The topological polar surface area (TPSA) is 40.5 Å². The summed E-state index contributed by atoms with van der Waals surface area (Å²) in [6.07, 6.45) is 3.28. The second-order valence-corrected chi connectivity index (χ2v) is 5.80. The maximum absolute atomic E-state index is 12.5. The zero-order chi connectivity index (χ0) is 15.4. The standard InChI is InChI=1S/C19H21NO2/c21-18(22)19(16-10-4-1-5-11-16,17-12-6-2-7-13-17)20-14-8-3-9-15-20/h1-2,4-7,10-13H,3,8-9,14-15H2,(H,21,22). The predicted molar refractivity (Wildman–Crippen MR) is 86.7 cm³/mol. The van der Waals surface area contributed by atoms with E-state index < -0.39 is 11.5 Å². The number of hydrogen-bond acceptors (Lipinski definition) is 2. The van der Waals surface area contributed by atoms with E-state index in [1.807, 2.05) is 60.7 Å². The second-order valence-electron chi connectivity index (χ2n) is 5.80. The monoisotopic (exact) mass is 295 g/mol. The van der Waals surface area contributed by atoms with Crippen LogP contribution >= 0.6 is 0 Å². The highest BCUT2D eigenvalue weighted by atomic mass is 16.4. The van der Waals surface area contributed by atoms with Gasteiger partial charge in [-0.3, -0.25) is 4.90 Å². The van der Waals surface area contributed by atoms with Gasteiger partial charge in [0.1, 0.15) is 0 Å². The quantitative estimate of drug-likeness (QED) is 0.938. The molecule has 22 heavy (non-hydrogen) atoms.